The number of hydrogen-bond acceptors (Lipinski definition) is 22. The van der Waals surface area contributed by atoms with Gasteiger partial charge in [-0.05, 0) is 91.3 Å². The minimum Gasteiger partial charge on any atom is -0.507 e. The Bertz CT molecular complexity index is 2620. The molecule has 22 heteroatoms. The number of fused-ring (bicyclic) bond motifs is 2. The van der Waals surface area contributed by atoms with Crippen LogP contribution in [-0.2, 0) is 68.1 Å². The lowest BCUT2D eigenvalue weighted by molar-refractivity contribution is -0.331. The van der Waals surface area contributed by atoms with E-state index in [2.05, 4.69) is 6.92 Å². The van der Waals surface area contributed by atoms with Crippen molar-refractivity contribution in [3.05, 3.63) is 28.8 Å². The van der Waals surface area contributed by atoms with Crippen molar-refractivity contribution in [3.8, 4) is 17.2 Å². The third-order valence-corrected chi connectivity index (χ3v) is 19.7. The van der Waals surface area contributed by atoms with E-state index in [0.29, 0.717) is 12.8 Å². The highest BCUT2D eigenvalue weighted by Gasteiger charge is 2.51. The molecule has 5 fully saturated rings. The SMILES string of the molecule is CCCCCCCCCC(=O)O[C@H](C)[C@H](O)C(=O)[C@@H](OC)[C@@H]1Cc2cc3cc(O[C@H]4C[C@@H](O[C@@H]5C[C@@H](O)[C@@H](C)C(C)O5)[C@@H](C)C(C)O4)c(C)c(O)c3c(O)c2C(=O)[C@H]1O[C@H]1C[C@@H](O[C@H]2C[C@@H](O[C@H]3C[C@@](C)(O)[C@@H](C)C(C)O3)[C@H](O)C(C)O2)[C@H](O)C(C)O1. The Morgan fingerprint density at radius 3 is 1.85 bits per heavy atom. The molecular formula is C65H100O22. The van der Waals surface area contributed by atoms with Crippen molar-refractivity contribution in [2.45, 2.75) is 302 Å². The molecule has 25 atom stereocenters. The number of methoxy groups -OCH3 is 1. The molecule has 2 aromatic carbocycles. The van der Waals surface area contributed by atoms with Gasteiger partial charge in [0.2, 0.25) is 6.29 Å². The topological polar surface area (TPSA) is 304 Å². The molecule has 2 aromatic rings. The summed E-state index contributed by atoms with van der Waals surface area (Å²) < 4.78 is 74.7. The summed E-state index contributed by atoms with van der Waals surface area (Å²) in [6.45, 7) is 21.6. The van der Waals surface area contributed by atoms with Gasteiger partial charge in [0.25, 0.3) is 0 Å². The van der Waals surface area contributed by atoms with E-state index in [1.165, 1.54) is 14.0 Å². The summed E-state index contributed by atoms with van der Waals surface area (Å²) in [6.07, 6.45) is -11.8. The lowest BCUT2D eigenvalue weighted by atomic mass is 9.75. The van der Waals surface area contributed by atoms with Gasteiger partial charge >= 0.3 is 5.97 Å². The van der Waals surface area contributed by atoms with Crippen molar-refractivity contribution in [1.82, 2.24) is 0 Å². The van der Waals surface area contributed by atoms with Crippen LogP contribution in [0.2, 0.25) is 0 Å². The second-order valence-corrected chi connectivity index (χ2v) is 26.1. The zero-order chi connectivity index (χ0) is 63.5. The maximum Gasteiger partial charge on any atom is 0.306 e. The van der Waals surface area contributed by atoms with E-state index < -0.39 is 133 Å². The number of phenolic OH excluding ortho intramolecular Hbond substituents is 2. The molecule has 5 heterocycles. The summed E-state index contributed by atoms with van der Waals surface area (Å²) in [4.78, 5) is 43.1. The number of aromatic hydroxyl groups is 2. The number of carbonyl (C=O) groups is 3. The maximum absolute atomic E-state index is 15.4. The molecule has 7 N–H and O–H groups in total. The van der Waals surface area contributed by atoms with Gasteiger partial charge in [-0.15, -0.1) is 0 Å². The van der Waals surface area contributed by atoms with E-state index in [0.717, 1.165) is 38.5 Å². The number of aliphatic hydroxyl groups is 5. The summed E-state index contributed by atoms with van der Waals surface area (Å²) in [5, 5.41) is 80.9. The largest absolute Gasteiger partial charge is 0.507 e. The maximum atomic E-state index is 15.4. The van der Waals surface area contributed by atoms with Crippen LogP contribution in [0, 0.1) is 30.6 Å². The number of aliphatic hydroxyl groups excluding tert-OH is 4. The molecule has 0 saturated carbocycles. The molecule has 0 bridgehead atoms. The Balaban J connectivity index is 1.05. The summed E-state index contributed by atoms with van der Waals surface area (Å²) in [5.41, 5.74) is -0.829. The number of hydrogen-bond donors (Lipinski definition) is 7. The Morgan fingerprint density at radius 2 is 1.23 bits per heavy atom. The Kier molecular flexibility index (Phi) is 23.6. The second kappa shape index (κ2) is 29.7. The van der Waals surface area contributed by atoms with E-state index >= 15 is 4.79 Å². The van der Waals surface area contributed by atoms with Crippen LogP contribution < -0.4 is 4.74 Å². The molecular weight excluding hydrogens is 1130 g/mol. The first-order chi connectivity index (χ1) is 41.1. The third kappa shape index (κ3) is 16.0. The predicted molar refractivity (Wildman–Crippen MR) is 315 cm³/mol. The molecule has 87 heavy (non-hydrogen) atoms. The average molecular weight is 1230 g/mol. The average Bonchev–Trinajstić information content (AvgIpc) is 0.945. The highest BCUT2D eigenvalue weighted by Crippen LogP contribution is 2.48. The van der Waals surface area contributed by atoms with Crippen molar-refractivity contribution in [1.29, 1.82) is 0 Å². The minimum absolute atomic E-state index is 0.00519. The molecule has 22 nitrogen and oxygen atoms in total. The fourth-order valence-corrected chi connectivity index (χ4v) is 13.3. The first-order valence-corrected chi connectivity index (χ1v) is 31.9. The monoisotopic (exact) mass is 1230 g/mol. The van der Waals surface area contributed by atoms with Gasteiger partial charge in [0, 0.05) is 74.9 Å². The highest BCUT2D eigenvalue weighted by atomic mass is 16.7. The Hall–Kier alpha value is -3.69. The first-order valence-electron chi connectivity index (χ1n) is 31.9. The molecule has 5 unspecified atom stereocenters. The van der Waals surface area contributed by atoms with Gasteiger partial charge in [0.15, 0.2) is 42.8 Å². The number of esters is 1. The fraction of sp³-hybridized carbons (Fsp3) is 0.800. The number of phenols is 2. The van der Waals surface area contributed by atoms with Gasteiger partial charge in [-0.2, -0.15) is 0 Å². The minimum atomic E-state index is -1.91. The number of Topliss-reactive ketones (excluding diaryl/α,β-unsaturated/α-hetero) is 2. The van der Waals surface area contributed by atoms with Crippen molar-refractivity contribution in [2.24, 2.45) is 23.7 Å². The molecule has 8 rings (SSSR count). The molecule has 492 valence electrons. The molecule has 0 amide bonds. The third-order valence-electron chi connectivity index (χ3n) is 19.7. The van der Waals surface area contributed by atoms with Gasteiger partial charge in [0.1, 0.15) is 47.8 Å². The Labute approximate surface area is 512 Å². The predicted octanol–water partition coefficient (Wildman–Crippen LogP) is 7.27. The number of ketones is 2. The number of ether oxygens (including phenoxy) is 12. The quantitative estimate of drug-likeness (QED) is 0.0401. The van der Waals surface area contributed by atoms with Gasteiger partial charge in [-0.1, -0.05) is 66.2 Å². The van der Waals surface area contributed by atoms with E-state index in [-0.39, 0.29) is 120 Å². The number of benzene rings is 2. The van der Waals surface area contributed by atoms with E-state index in [9.17, 15) is 45.3 Å². The molecule has 1 aliphatic carbocycles. The fourth-order valence-electron chi connectivity index (χ4n) is 13.3. The van der Waals surface area contributed by atoms with Gasteiger partial charge in [0.05, 0.1) is 71.5 Å². The van der Waals surface area contributed by atoms with Crippen LogP contribution in [0.1, 0.15) is 181 Å². The summed E-state index contributed by atoms with van der Waals surface area (Å²) in [5.74, 6) is -4.59. The van der Waals surface area contributed by atoms with Crippen LogP contribution in [0.3, 0.4) is 0 Å². The van der Waals surface area contributed by atoms with Crippen LogP contribution in [0.5, 0.6) is 17.2 Å². The van der Waals surface area contributed by atoms with E-state index in [4.69, 9.17) is 56.8 Å². The van der Waals surface area contributed by atoms with Crippen molar-refractivity contribution < 1.29 is 107 Å². The molecule has 0 spiro atoms. The number of unbranched alkanes of at least 4 members (excludes halogenated alkanes) is 6. The van der Waals surface area contributed by atoms with Crippen LogP contribution in [0.4, 0.5) is 0 Å². The molecule has 5 saturated heterocycles. The normalized spacial score (nSPS) is 38.6. The van der Waals surface area contributed by atoms with Crippen molar-refractivity contribution in [2.75, 3.05) is 7.11 Å². The van der Waals surface area contributed by atoms with Crippen LogP contribution >= 0.6 is 0 Å². The second-order valence-electron chi connectivity index (χ2n) is 26.1. The van der Waals surface area contributed by atoms with Gasteiger partial charge < -0.3 is 92.6 Å². The van der Waals surface area contributed by atoms with Gasteiger partial charge in [-0.3, -0.25) is 14.4 Å². The van der Waals surface area contributed by atoms with E-state index in [1.807, 2.05) is 41.5 Å². The lowest BCUT2D eigenvalue weighted by Gasteiger charge is -2.46. The standard InChI is InChI=1S/C65H100O22/c1-14-15-16-17-18-19-20-21-48(67)77-39(11)59(71)62(74)63(76-13)42-23-40-22-41-24-44(83-50-26-45(31(3)35(7)79-50)84-49-25-43(66)30(2)34(6)78-49)32(4)56(68)54(41)60(72)55(40)61(73)64(42)87-52-28-46(57(69)38(10)82-52)85-51-27-47(58(70)37(9)81-51)86-53-29-65(12,75)33(5)36(8)80-53/h22,24,30-31,33-39,42-43,45-47,49-53,57-59,63-64,66,68-72,75H,14-21,23,25-29H2,1-13H3/t30-,31-,33-,34?,35?,36?,37?,38?,39+,42-,43+,45+,46+,47+,49+,50-,51-,52-,53-,57+,58+,59-,63-,64-,65+/m0/s1. The molecule has 6 aliphatic rings. The summed E-state index contributed by atoms with van der Waals surface area (Å²) in [6, 6.07) is 3.22. The molecule has 5 aliphatic heterocycles. The highest BCUT2D eigenvalue weighted by molar-refractivity contribution is 6.11. The zero-order valence-corrected chi connectivity index (χ0v) is 53.2. The summed E-state index contributed by atoms with van der Waals surface area (Å²) >= 11 is 0. The van der Waals surface area contributed by atoms with E-state index in [1.54, 1.807) is 39.8 Å². The van der Waals surface area contributed by atoms with Crippen LogP contribution in [0.25, 0.3) is 10.8 Å². The number of carbonyl (C=O) groups excluding carboxylic acids is 3. The van der Waals surface area contributed by atoms with Crippen LogP contribution in [-0.4, -0.2) is 189 Å². The zero-order valence-electron chi connectivity index (χ0n) is 53.2. The number of rotatable bonds is 24. The summed E-state index contributed by atoms with van der Waals surface area (Å²) in [7, 11) is 1.24. The molecule has 0 aromatic heterocycles. The van der Waals surface area contributed by atoms with Crippen molar-refractivity contribution >= 4 is 28.3 Å². The Morgan fingerprint density at radius 1 is 0.690 bits per heavy atom. The van der Waals surface area contributed by atoms with Crippen molar-refractivity contribution in [3.63, 3.8) is 0 Å². The smallest absolute Gasteiger partial charge is 0.306 e. The van der Waals surface area contributed by atoms with Crippen LogP contribution in [0.15, 0.2) is 12.1 Å². The first kappa shape index (κ1) is 69.2. The lowest BCUT2D eigenvalue weighted by Crippen LogP contribution is -2.57. The van der Waals surface area contributed by atoms with Gasteiger partial charge in [-0.25, -0.2) is 0 Å². The molecule has 0 radical (unpaired) electrons.